The zero-order chi connectivity index (χ0) is 13.2. The lowest BCUT2D eigenvalue weighted by atomic mass is 10.1. The predicted molar refractivity (Wildman–Crippen MR) is 69.3 cm³/mol. The van der Waals surface area contributed by atoms with Gasteiger partial charge in [-0.2, -0.15) is 15.0 Å². The van der Waals surface area contributed by atoms with Crippen LogP contribution in [0, 0.1) is 6.92 Å². The lowest BCUT2D eigenvalue weighted by Crippen LogP contribution is -2.07. The van der Waals surface area contributed by atoms with Gasteiger partial charge in [-0.1, -0.05) is 0 Å². The highest BCUT2D eigenvalue weighted by Gasteiger charge is 2.10. The number of hydrogen-bond donors (Lipinski definition) is 1. The van der Waals surface area contributed by atoms with Crippen molar-refractivity contribution >= 4 is 5.95 Å². The van der Waals surface area contributed by atoms with Gasteiger partial charge in [0.15, 0.2) is 5.82 Å². The number of imidazole rings is 1. The van der Waals surface area contributed by atoms with Crippen LogP contribution in [0.25, 0.3) is 17.3 Å². The molecule has 3 heterocycles. The fraction of sp³-hybridized carbons (Fsp3) is 0.0833. The Morgan fingerprint density at radius 3 is 2.74 bits per heavy atom. The van der Waals surface area contributed by atoms with Gasteiger partial charge in [-0.25, -0.2) is 4.98 Å². The Kier molecular flexibility index (Phi) is 2.64. The minimum atomic E-state index is 0.171. The van der Waals surface area contributed by atoms with Crippen molar-refractivity contribution in [2.75, 3.05) is 5.73 Å². The summed E-state index contributed by atoms with van der Waals surface area (Å²) in [6.45, 7) is 1.94. The maximum atomic E-state index is 5.74. The van der Waals surface area contributed by atoms with E-state index < -0.39 is 0 Å². The van der Waals surface area contributed by atoms with E-state index in [0.717, 1.165) is 11.1 Å². The van der Waals surface area contributed by atoms with Gasteiger partial charge in [0.2, 0.25) is 11.9 Å². The number of pyridine rings is 1. The van der Waals surface area contributed by atoms with Gasteiger partial charge in [-0.3, -0.25) is 9.55 Å². The number of nitrogens with two attached hydrogens (primary N) is 1. The number of hydrogen-bond acceptors (Lipinski definition) is 6. The minimum absolute atomic E-state index is 0.171. The molecular weight excluding hydrogens is 242 g/mol. The van der Waals surface area contributed by atoms with Crippen LogP contribution in [0.1, 0.15) is 5.56 Å². The fourth-order valence-corrected chi connectivity index (χ4v) is 1.72. The molecule has 0 spiro atoms. The molecule has 0 saturated heterocycles. The number of aromatic nitrogens is 6. The van der Waals surface area contributed by atoms with Crippen molar-refractivity contribution in [1.82, 2.24) is 29.5 Å². The van der Waals surface area contributed by atoms with Crippen molar-refractivity contribution < 1.29 is 0 Å². The summed E-state index contributed by atoms with van der Waals surface area (Å²) in [5, 5.41) is 0. The molecule has 0 bridgehead atoms. The molecule has 0 saturated carbocycles. The number of anilines is 1. The van der Waals surface area contributed by atoms with Crippen LogP contribution in [0.15, 0.2) is 37.2 Å². The van der Waals surface area contributed by atoms with E-state index >= 15 is 0 Å². The summed E-state index contributed by atoms with van der Waals surface area (Å²) in [6, 6.07) is 1.85. The minimum Gasteiger partial charge on any atom is -0.368 e. The topological polar surface area (TPSA) is 95.4 Å². The fourth-order valence-electron chi connectivity index (χ4n) is 1.72. The number of nitrogens with zero attached hydrogens (tertiary/aromatic N) is 6. The van der Waals surface area contributed by atoms with Gasteiger partial charge in [0.1, 0.15) is 6.33 Å². The molecule has 0 fully saturated rings. The van der Waals surface area contributed by atoms with Gasteiger partial charge in [-0.05, 0) is 18.6 Å². The van der Waals surface area contributed by atoms with Crippen LogP contribution < -0.4 is 5.73 Å². The monoisotopic (exact) mass is 253 g/mol. The Hall–Kier alpha value is -2.83. The third kappa shape index (κ3) is 2.13. The molecule has 0 aromatic carbocycles. The summed E-state index contributed by atoms with van der Waals surface area (Å²) in [5.41, 5.74) is 7.60. The first-order valence-electron chi connectivity index (χ1n) is 5.65. The van der Waals surface area contributed by atoms with Crippen LogP contribution in [0.3, 0.4) is 0 Å². The van der Waals surface area contributed by atoms with Gasteiger partial charge in [0.25, 0.3) is 0 Å². The van der Waals surface area contributed by atoms with Crippen LogP contribution in [0.4, 0.5) is 5.95 Å². The summed E-state index contributed by atoms with van der Waals surface area (Å²) in [4.78, 5) is 20.7. The van der Waals surface area contributed by atoms with Gasteiger partial charge < -0.3 is 5.73 Å². The Bertz CT molecular complexity index is 706. The van der Waals surface area contributed by atoms with Crippen LogP contribution in [-0.4, -0.2) is 29.5 Å². The first-order valence-corrected chi connectivity index (χ1v) is 5.65. The Morgan fingerprint density at radius 1 is 1.11 bits per heavy atom. The Balaban J connectivity index is 2.16. The van der Waals surface area contributed by atoms with Gasteiger partial charge in [0.05, 0.1) is 0 Å². The molecule has 0 aliphatic carbocycles. The van der Waals surface area contributed by atoms with E-state index in [4.69, 9.17) is 5.73 Å². The highest BCUT2D eigenvalue weighted by molar-refractivity contribution is 5.60. The molecule has 7 heteroatoms. The van der Waals surface area contributed by atoms with E-state index in [-0.39, 0.29) is 5.95 Å². The van der Waals surface area contributed by atoms with Crippen molar-refractivity contribution in [2.24, 2.45) is 0 Å². The molecule has 3 rings (SSSR count). The van der Waals surface area contributed by atoms with Gasteiger partial charge in [0, 0.05) is 30.4 Å². The number of aryl methyl sites for hydroxylation is 1. The third-order valence-corrected chi connectivity index (χ3v) is 2.64. The molecule has 0 radical (unpaired) electrons. The van der Waals surface area contributed by atoms with E-state index in [9.17, 15) is 0 Å². The first-order chi connectivity index (χ1) is 9.24. The van der Waals surface area contributed by atoms with E-state index in [2.05, 4.69) is 24.9 Å². The number of rotatable bonds is 2. The highest BCUT2D eigenvalue weighted by Crippen LogP contribution is 2.19. The second kappa shape index (κ2) is 4.45. The average molecular weight is 253 g/mol. The van der Waals surface area contributed by atoms with Crippen molar-refractivity contribution in [1.29, 1.82) is 0 Å². The maximum absolute atomic E-state index is 5.74. The molecule has 94 valence electrons. The quantitative estimate of drug-likeness (QED) is 0.732. The van der Waals surface area contributed by atoms with E-state index in [1.807, 2.05) is 13.0 Å². The summed E-state index contributed by atoms with van der Waals surface area (Å²) in [5.74, 6) is 1.14. The van der Waals surface area contributed by atoms with E-state index in [0.29, 0.717) is 11.8 Å². The molecule has 7 nitrogen and oxygen atoms in total. The second-order valence-corrected chi connectivity index (χ2v) is 3.98. The van der Waals surface area contributed by atoms with Crippen LogP contribution in [-0.2, 0) is 0 Å². The Labute approximate surface area is 109 Å². The lowest BCUT2D eigenvalue weighted by molar-refractivity contribution is 0.905. The Morgan fingerprint density at radius 2 is 2.00 bits per heavy atom. The molecule has 3 aromatic rings. The summed E-state index contributed by atoms with van der Waals surface area (Å²) in [7, 11) is 0. The SMILES string of the molecule is Cc1cnccc1-c1nc(N)nc(-n2ccnc2)n1. The standard InChI is InChI=1S/C12H11N7/c1-8-6-14-3-2-9(8)10-16-11(13)18-12(17-10)19-5-4-15-7-19/h2-7H,1H3,(H2,13,16,17,18). The van der Waals surface area contributed by atoms with Gasteiger partial charge in [-0.15, -0.1) is 0 Å². The summed E-state index contributed by atoms with van der Waals surface area (Å²) >= 11 is 0. The zero-order valence-electron chi connectivity index (χ0n) is 10.2. The molecule has 0 aliphatic heterocycles. The highest BCUT2D eigenvalue weighted by atomic mass is 15.2. The number of nitrogen functional groups attached to an aromatic ring is 1. The first kappa shape index (κ1) is 11.3. The summed E-state index contributed by atoms with van der Waals surface area (Å²) < 4.78 is 1.68. The van der Waals surface area contributed by atoms with Crippen LogP contribution in [0.2, 0.25) is 0 Å². The normalized spacial score (nSPS) is 10.6. The lowest BCUT2D eigenvalue weighted by Gasteiger charge is -2.06. The second-order valence-electron chi connectivity index (χ2n) is 3.98. The third-order valence-electron chi connectivity index (χ3n) is 2.64. The van der Waals surface area contributed by atoms with Gasteiger partial charge >= 0.3 is 0 Å². The van der Waals surface area contributed by atoms with Crippen molar-refractivity contribution in [2.45, 2.75) is 6.92 Å². The molecular formula is C12H11N7. The van der Waals surface area contributed by atoms with Crippen LogP contribution in [0.5, 0.6) is 0 Å². The molecule has 0 unspecified atom stereocenters. The van der Waals surface area contributed by atoms with E-state index in [1.54, 1.807) is 35.7 Å². The van der Waals surface area contributed by atoms with Crippen molar-refractivity contribution in [3.8, 4) is 17.3 Å². The molecule has 0 amide bonds. The maximum Gasteiger partial charge on any atom is 0.240 e. The predicted octanol–water partition coefficient (Wildman–Crippen LogP) is 1.01. The summed E-state index contributed by atoms with van der Waals surface area (Å²) in [6.07, 6.45) is 8.46. The smallest absolute Gasteiger partial charge is 0.240 e. The van der Waals surface area contributed by atoms with Crippen LogP contribution >= 0.6 is 0 Å². The molecule has 2 N–H and O–H groups in total. The molecule has 3 aromatic heterocycles. The molecule has 0 aliphatic rings. The van der Waals surface area contributed by atoms with Crippen molar-refractivity contribution in [3.05, 3.63) is 42.7 Å². The molecule has 0 atom stereocenters. The molecule has 19 heavy (non-hydrogen) atoms. The largest absolute Gasteiger partial charge is 0.368 e. The van der Waals surface area contributed by atoms with E-state index in [1.165, 1.54) is 0 Å². The zero-order valence-corrected chi connectivity index (χ0v) is 10.2. The van der Waals surface area contributed by atoms with Crippen molar-refractivity contribution in [3.63, 3.8) is 0 Å². The average Bonchev–Trinajstić information content (AvgIpc) is 2.92.